The summed E-state index contributed by atoms with van der Waals surface area (Å²) in [5.41, 5.74) is 5.37. The summed E-state index contributed by atoms with van der Waals surface area (Å²) in [4.78, 5) is 21.7. The second-order valence-electron chi connectivity index (χ2n) is 7.80. The normalized spacial score (nSPS) is 14.9. The van der Waals surface area contributed by atoms with Gasteiger partial charge < -0.3 is 10.1 Å². The maximum absolute atomic E-state index is 10.7. The number of imidazole rings is 1. The van der Waals surface area contributed by atoms with Crippen LogP contribution in [0, 0.1) is 0 Å². The highest BCUT2D eigenvalue weighted by Gasteiger charge is 2.17. The van der Waals surface area contributed by atoms with Gasteiger partial charge in [-0.05, 0) is 43.1 Å². The van der Waals surface area contributed by atoms with Gasteiger partial charge in [-0.15, -0.1) is 0 Å². The average molecular weight is 402 g/mol. The van der Waals surface area contributed by atoms with Crippen molar-refractivity contribution in [1.82, 2.24) is 14.9 Å². The molecule has 0 atom stereocenters. The van der Waals surface area contributed by atoms with Gasteiger partial charge in [-0.2, -0.15) is 0 Å². The zero-order chi connectivity index (χ0) is 20.8. The molecule has 1 aliphatic rings. The summed E-state index contributed by atoms with van der Waals surface area (Å²) < 4.78 is 0. The van der Waals surface area contributed by atoms with Crippen molar-refractivity contribution in [1.29, 1.82) is 0 Å². The van der Waals surface area contributed by atoms with Gasteiger partial charge in [0.15, 0.2) is 0 Å². The van der Waals surface area contributed by atoms with Crippen molar-refractivity contribution in [2.45, 2.75) is 32.2 Å². The number of aromatic nitrogens is 2. The van der Waals surface area contributed by atoms with Gasteiger partial charge >= 0.3 is 5.97 Å². The van der Waals surface area contributed by atoms with Crippen LogP contribution in [0.15, 0.2) is 60.7 Å². The standard InChI is InChI=1S/C25H27N3O2/c29-24(30)14-13-19-9-11-20(12-10-19)17-23-26-22(18-28-15-5-2-6-16-28)25(27-23)21-7-3-1-4-8-21/h1,3-4,7-14H,2,5-6,15-18H2,(H,26,27)(H,29,30). The van der Waals surface area contributed by atoms with Crippen LogP contribution >= 0.6 is 0 Å². The predicted octanol–water partition coefficient (Wildman–Crippen LogP) is 4.75. The summed E-state index contributed by atoms with van der Waals surface area (Å²) in [6, 6.07) is 18.3. The van der Waals surface area contributed by atoms with Crippen molar-refractivity contribution in [3.8, 4) is 11.3 Å². The fourth-order valence-corrected chi connectivity index (χ4v) is 3.95. The number of nitrogens with zero attached hydrogens (tertiary/aromatic N) is 2. The molecule has 0 bridgehead atoms. The third-order valence-electron chi connectivity index (χ3n) is 5.48. The number of nitrogens with one attached hydrogen (secondary N) is 1. The van der Waals surface area contributed by atoms with E-state index in [0.29, 0.717) is 6.42 Å². The quantitative estimate of drug-likeness (QED) is 0.561. The van der Waals surface area contributed by atoms with E-state index in [9.17, 15) is 4.79 Å². The van der Waals surface area contributed by atoms with Crippen LogP contribution in [-0.2, 0) is 17.8 Å². The number of H-pyrrole nitrogens is 1. The van der Waals surface area contributed by atoms with E-state index in [1.807, 2.05) is 30.3 Å². The van der Waals surface area contributed by atoms with Gasteiger partial charge in [-0.1, -0.05) is 61.0 Å². The van der Waals surface area contributed by atoms with Crippen molar-refractivity contribution < 1.29 is 9.90 Å². The van der Waals surface area contributed by atoms with E-state index in [-0.39, 0.29) is 0 Å². The SMILES string of the molecule is O=C(O)C=Cc1ccc(Cc2nc(-c3ccccc3)c(CN3CCCCC3)[nH]2)cc1. The number of piperidine rings is 1. The monoisotopic (exact) mass is 401 g/mol. The minimum atomic E-state index is -0.940. The lowest BCUT2D eigenvalue weighted by atomic mass is 10.1. The predicted molar refractivity (Wildman–Crippen MR) is 119 cm³/mol. The Kier molecular flexibility index (Phi) is 6.40. The molecule has 4 rings (SSSR count). The highest BCUT2D eigenvalue weighted by Crippen LogP contribution is 2.25. The van der Waals surface area contributed by atoms with Gasteiger partial charge in [0.2, 0.25) is 0 Å². The van der Waals surface area contributed by atoms with Crippen LogP contribution in [-0.4, -0.2) is 39.0 Å². The molecule has 0 saturated carbocycles. The molecule has 5 nitrogen and oxygen atoms in total. The number of carboxylic acid groups (broad SMARTS) is 1. The zero-order valence-corrected chi connectivity index (χ0v) is 17.1. The van der Waals surface area contributed by atoms with Gasteiger partial charge in [0, 0.05) is 24.6 Å². The number of aromatic amines is 1. The summed E-state index contributed by atoms with van der Waals surface area (Å²) >= 11 is 0. The third-order valence-corrected chi connectivity index (χ3v) is 5.48. The molecule has 0 unspecified atom stereocenters. The minimum Gasteiger partial charge on any atom is -0.478 e. The molecule has 2 heterocycles. The fraction of sp³-hybridized carbons (Fsp3) is 0.280. The van der Waals surface area contributed by atoms with Crippen LogP contribution in [0.3, 0.4) is 0 Å². The molecule has 5 heteroatoms. The Morgan fingerprint density at radius 1 is 1.03 bits per heavy atom. The smallest absolute Gasteiger partial charge is 0.328 e. The Balaban J connectivity index is 1.55. The van der Waals surface area contributed by atoms with Gasteiger partial charge in [0.05, 0.1) is 11.4 Å². The molecule has 1 saturated heterocycles. The first-order chi connectivity index (χ1) is 14.7. The maximum Gasteiger partial charge on any atom is 0.328 e. The molecule has 0 amide bonds. The van der Waals surface area contributed by atoms with Crippen LogP contribution < -0.4 is 0 Å². The lowest BCUT2D eigenvalue weighted by molar-refractivity contribution is -0.131. The Morgan fingerprint density at radius 2 is 1.77 bits per heavy atom. The van der Waals surface area contributed by atoms with Crippen LogP contribution in [0.25, 0.3) is 17.3 Å². The van der Waals surface area contributed by atoms with Gasteiger partial charge in [-0.3, -0.25) is 4.90 Å². The number of aliphatic carboxylic acids is 1. The first-order valence-electron chi connectivity index (χ1n) is 10.5. The second kappa shape index (κ2) is 9.55. The molecule has 1 fully saturated rings. The van der Waals surface area contributed by atoms with Gasteiger partial charge in [0.1, 0.15) is 5.82 Å². The van der Waals surface area contributed by atoms with E-state index in [2.05, 4.69) is 34.1 Å². The second-order valence-corrected chi connectivity index (χ2v) is 7.80. The van der Waals surface area contributed by atoms with E-state index in [1.165, 1.54) is 25.0 Å². The summed E-state index contributed by atoms with van der Waals surface area (Å²) in [6.45, 7) is 3.19. The van der Waals surface area contributed by atoms with E-state index >= 15 is 0 Å². The Bertz CT molecular complexity index is 1000. The summed E-state index contributed by atoms with van der Waals surface area (Å²) in [6.07, 6.45) is 7.33. The van der Waals surface area contributed by atoms with Crippen LogP contribution in [0.5, 0.6) is 0 Å². The molecule has 2 N–H and O–H groups in total. The first-order valence-corrected chi connectivity index (χ1v) is 10.5. The van der Waals surface area contributed by atoms with Gasteiger partial charge in [0.25, 0.3) is 0 Å². The molecule has 0 radical (unpaired) electrons. The number of benzene rings is 2. The number of hydrogen-bond donors (Lipinski definition) is 2. The van der Waals surface area contributed by atoms with E-state index in [1.54, 1.807) is 6.08 Å². The Hall–Kier alpha value is -3.18. The van der Waals surface area contributed by atoms with Crippen molar-refractivity contribution in [2.24, 2.45) is 0 Å². The molecule has 30 heavy (non-hydrogen) atoms. The van der Waals surface area contributed by atoms with Crippen molar-refractivity contribution in [3.05, 3.63) is 83.3 Å². The van der Waals surface area contributed by atoms with Gasteiger partial charge in [-0.25, -0.2) is 9.78 Å². The summed E-state index contributed by atoms with van der Waals surface area (Å²) in [5.74, 6) is 0.0130. The number of carbonyl (C=O) groups is 1. The Morgan fingerprint density at radius 3 is 2.47 bits per heavy atom. The topological polar surface area (TPSA) is 69.2 Å². The molecule has 3 aromatic rings. The van der Waals surface area contributed by atoms with Crippen LogP contribution in [0.2, 0.25) is 0 Å². The summed E-state index contributed by atoms with van der Waals surface area (Å²) in [5, 5.41) is 8.76. The molecular weight excluding hydrogens is 374 g/mol. The first kappa shape index (κ1) is 20.1. The lowest BCUT2D eigenvalue weighted by Crippen LogP contribution is -2.29. The molecule has 154 valence electrons. The van der Waals surface area contributed by atoms with Crippen LogP contribution in [0.4, 0.5) is 0 Å². The highest BCUT2D eigenvalue weighted by molar-refractivity contribution is 5.85. The molecule has 0 aliphatic carbocycles. The lowest BCUT2D eigenvalue weighted by Gasteiger charge is -2.26. The summed E-state index contributed by atoms with van der Waals surface area (Å²) in [7, 11) is 0. The minimum absolute atomic E-state index is 0.711. The largest absolute Gasteiger partial charge is 0.478 e. The van der Waals surface area contributed by atoms with E-state index < -0.39 is 5.97 Å². The molecule has 1 aromatic heterocycles. The molecule has 1 aliphatic heterocycles. The van der Waals surface area contributed by atoms with E-state index in [0.717, 1.165) is 53.9 Å². The molecular formula is C25H27N3O2. The van der Waals surface area contributed by atoms with E-state index in [4.69, 9.17) is 10.1 Å². The average Bonchev–Trinajstić information content (AvgIpc) is 3.16. The van der Waals surface area contributed by atoms with Crippen molar-refractivity contribution >= 4 is 12.0 Å². The number of rotatable bonds is 7. The number of likely N-dealkylation sites (tertiary alicyclic amines) is 1. The third kappa shape index (κ3) is 5.24. The zero-order valence-electron chi connectivity index (χ0n) is 17.1. The highest BCUT2D eigenvalue weighted by atomic mass is 16.4. The maximum atomic E-state index is 10.7. The van der Waals surface area contributed by atoms with Crippen molar-refractivity contribution in [2.75, 3.05) is 13.1 Å². The van der Waals surface area contributed by atoms with Crippen LogP contribution in [0.1, 0.15) is 41.9 Å². The molecule has 0 spiro atoms. The Labute approximate surface area is 177 Å². The number of carboxylic acids is 1. The fourth-order valence-electron chi connectivity index (χ4n) is 3.95. The number of hydrogen-bond acceptors (Lipinski definition) is 3. The van der Waals surface area contributed by atoms with Crippen molar-refractivity contribution in [3.63, 3.8) is 0 Å². The molecule has 2 aromatic carbocycles.